The van der Waals surface area contributed by atoms with Crippen LogP contribution in [0.1, 0.15) is 26.7 Å². The van der Waals surface area contributed by atoms with E-state index in [1.165, 1.54) is 12.8 Å². The number of hydrogen-bond acceptors (Lipinski definition) is 1. The van der Waals surface area contributed by atoms with Gasteiger partial charge in [-0.05, 0) is 12.8 Å². The maximum Gasteiger partial charge on any atom is 1.00 e. The Hall–Kier alpha value is 1.90. The van der Waals surface area contributed by atoms with E-state index in [-0.39, 0.29) is 43.7 Å². The van der Waals surface area contributed by atoms with Gasteiger partial charge < -0.3 is 29.6 Å². The second kappa shape index (κ2) is 18.6. The first-order valence-electron chi connectivity index (χ1n) is 3.64. The van der Waals surface area contributed by atoms with E-state index in [1.807, 2.05) is 21.7 Å². The van der Waals surface area contributed by atoms with Gasteiger partial charge in [-0.2, -0.15) is 0 Å². The standard InChI is InChI=1S/C4H8O.C3H7.2ClH.Li.Mg/c1-2-4-5-3-1;1-3-2;;;;/h1-4H2;3H,1-2H3;2*1H;;/q;;;;2*+1/p-2. The molecule has 0 aliphatic carbocycles. The molecule has 0 spiro atoms. The van der Waals surface area contributed by atoms with Gasteiger partial charge in [-0.3, -0.25) is 0 Å². The molecular formula is C7H15Cl2LiMgO. The summed E-state index contributed by atoms with van der Waals surface area (Å²) in [7, 11) is 0. The van der Waals surface area contributed by atoms with E-state index in [1.54, 1.807) is 0 Å². The second-order valence-corrected chi connectivity index (χ2v) is 4.35. The molecule has 66 valence electrons. The van der Waals surface area contributed by atoms with Crippen LogP contribution < -0.4 is 43.7 Å². The SMILES string of the molecule is C1CCOC1.C[CH](C)[Mg+].[Cl-].[Cl-].[Li+]. The van der Waals surface area contributed by atoms with Crippen LogP contribution in [0.25, 0.3) is 0 Å². The van der Waals surface area contributed by atoms with E-state index < -0.39 is 0 Å². The molecule has 0 saturated carbocycles. The van der Waals surface area contributed by atoms with Crippen molar-refractivity contribution >= 4 is 21.7 Å². The Kier molecular flexibility index (Phi) is 36.7. The van der Waals surface area contributed by atoms with Crippen LogP contribution in [0.15, 0.2) is 0 Å². The zero-order valence-electron chi connectivity index (χ0n) is 8.28. The van der Waals surface area contributed by atoms with Crippen molar-refractivity contribution in [2.45, 2.75) is 30.7 Å². The number of halogens is 2. The van der Waals surface area contributed by atoms with Gasteiger partial charge in [-0.15, -0.1) is 0 Å². The van der Waals surface area contributed by atoms with Crippen LogP contribution in [0.4, 0.5) is 0 Å². The van der Waals surface area contributed by atoms with E-state index in [9.17, 15) is 0 Å². The topological polar surface area (TPSA) is 9.23 Å². The predicted molar refractivity (Wildman–Crippen MR) is 40.9 cm³/mol. The predicted octanol–water partition coefficient (Wildman–Crippen LogP) is -7.21. The van der Waals surface area contributed by atoms with Crippen molar-refractivity contribution < 1.29 is 48.4 Å². The van der Waals surface area contributed by atoms with E-state index in [0.717, 1.165) is 17.3 Å². The molecule has 0 amide bonds. The van der Waals surface area contributed by atoms with Crippen molar-refractivity contribution in [3.63, 3.8) is 0 Å². The van der Waals surface area contributed by atoms with Crippen molar-refractivity contribution in [1.82, 2.24) is 0 Å². The van der Waals surface area contributed by atoms with Crippen LogP contribution in [0.3, 0.4) is 0 Å². The molecule has 1 nitrogen and oxygen atoms in total. The van der Waals surface area contributed by atoms with Crippen LogP contribution in [-0.2, 0) is 4.74 Å². The quantitative estimate of drug-likeness (QED) is 0.366. The molecule has 12 heavy (non-hydrogen) atoms. The number of ether oxygens (including phenoxy) is 1. The molecule has 1 aliphatic heterocycles. The smallest absolute Gasteiger partial charge is 1.00 e. The Balaban J connectivity index is -0.0000000436. The third kappa shape index (κ3) is 29.7. The van der Waals surface area contributed by atoms with E-state index in [2.05, 4.69) is 13.8 Å². The van der Waals surface area contributed by atoms with E-state index in [0.29, 0.717) is 0 Å². The minimum Gasteiger partial charge on any atom is -1.00 e. The van der Waals surface area contributed by atoms with Crippen LogP contribution >= 0.6 is 0 Å². The zero-order chi connectivity index (χ0) is 7.11. The van der Waals surface area contributed by atoms with Gasteiger partial charge in [-0.25, -0.2) is 0 Å². The van der Waals surface area contributed by atoms with Gasteiger partial charge in [0, 0.05) is 13.2 Å². The first kappa shape index (κ1) is 23.6. The van der Waals surface area contributed by atoms with Crippen molar-refractivity contribution in [3.05, 3.63) is 0 Å². The Morgan fingerprint density at radius 2 is 1.33 bits per heavy atom. The molecule has 0 aromatic rings. The maximum absolute atomic E-state index is 4.94. The minimum atomic E-state index is 0. The summed E-state index contributed by atoms with van der Waals surface area (Å²) in [4.78, 5) is 0. The largest absolute Gasteiger partial charge is 1.00 e. The molecule has 0 atom stereocenters. The fraction of sp³-hybridized carbons (Fsp3) is 1.00. The van der Waals surface area contributed by atoms with Gasteiger partial charge in [0.25, 0.3) is 0 Å². The van der Waals surface area contributed by atoms with Crippen molar-refractivity contribution in [3.8, 4) is 0 Å². The summed E-state index contributed by atoms with van der Waals surface area (Å²) in [6.45, 7) is 6.36. The Morgan fingerprint density at radius 1 is 1.08 bits per heavy atom. The van der Waals surface area contributed by atoms with Gasteiger partial charge in [0.1, 0.15) is 0 Å². The first-order chi connectivity index (χ1) is 4.23. The van der Waals surface area contributed by atoms with Gasteiger partial charge in [-0.1, -0.05) is 0 Å². The summed E-state index contributed by atoms with van der Waals surface area (Å²) in [6, 6.07) is 0. The van der Waals surface area contributed by atoms with Gasteiger partial charge in [0.15, 0.2) is 0 Å². The molecule has 1 fully saturated rings. The molecule has 0 aromatic heterocycles. The molecule has 0 bridgehead atoms. The fourth-order valence-corrected chi connectivity index (χ4v) is 0.510. The summed E-state index contributed by atoms with van der Waals surface area (Å²) >= 11 is 2.00. The van der Waals surface area contributed by atoms with Gasteiger partial charge in [0.05, 0.1) is 0 Å². The first-order valence-corrected chi connectivity index (χ1v) is 4.46. The summed E-state index contributed by atoms with van der Waals surface area (Å²) in [5.41, 5.74) is 0. The van der Waals surface area contributed by atoms with E-state index >= 15 is 0 Å². The van der Waals surface area contributed by atoms with E-state index in [4.69, 9.17) is 4.74 Å². The second-order valence-electron chi connectivity index (χ2n) is 2.71. The fourth-order valence-electron chi connectivity index (χ4n) is 0.510. The summed E-state index contributed by atoms with van der Waals surface area (Å²) in [5, 5.41) is 0. The normalized spacial score (nSPS) is 13.1. The summed E-state index contributed by atoms with van der Waals surface area (Å²) < 4.78 is 5.81. The third-order valence-electron chi connectivity index (χ3n) is 0.827. The molecule has 1 aliphatic rings. The van der Waals surface area contributed by atoms with Crippen molar-refractivity contribution in [1.29, 1.82) is 0 Å². The van der Waals surface area contributed by atoms with Gasteiger partial charge in [0.2, 0.25) is 0 Å². The molecule has 0 aromatic carbocycles. The Morgan fingerprint density at radius 3 is 1.42 bits per heavy atom. The van der Waals surface area contributed by atoms with Crippen molar-refractivity contribution in [2.75, 3.05) is 13.2 Å². The number of hydrogen-bond donors (Lipinski definition) is 0. The molecule has 1 heterocycles. The van der Waals surface area contributed by atoms with Crippen LogP contribution in [0.2, 0.25) is 4.05 Å². The molecule has 1 rings (SSSR count). The summed E-state index contributed by atoms with van der Waals surface area (Å²) in [5.74, 6) is 0. The average Bonchev–Trinajstić information content (AvgIpc) is 2.11. The van der Waals surface area contributed by atoms with Gasteiger partial charge >= 0.3 is 58.5 Å². The monoisotopic (exact) mass is 216 g/mol. The number of rotatable bonds is 0. The average molecular weight is 217 g/mol. The molecular weight excluding hydrogens is 202 g/mol. The Bertz CT molecular complexity index is 53.0. The Labute approximate surface area is 113 Å². The van der Waals surface area contributed by atoms with Crippen LogP contribution in [-0.4, -0.2) is 34.9 Å². The van der Waals surface area contributed by atoms with Crippen LogP contribution in [0.5, 0.6) is 0 Å². The summed E-state index contributed by atoms with van der Waals surface area (Å²) in [6.07, 6.45) is 2.56. The van der Waals surface area contributed by atoms with Crippen molar-refractivity contribution in [2.24, 2.45) is 0 Å². The molecule has 0 radical (unpaired) electrons. The third-order valence-corrected chi connectivity index (χ3v) is 0.827. The molecule has 5 heteroatoms. The molecule has 1 saturated heterocycles. The minimum absolute atomic E-state index is 0. The maximum atomic E-state index is 4.94. The molecule has 0 N–H and O–H groups in total. The molecule has 0 unspecified atom stereocenters. The van der Waals surface area contributed by atoms with Crippen LogP contribution in [0, 0.1) is 0 Å². The zero-order valence-corrected chi connectivity index (χ0v) is 11.2.